The minimum Gasteiger partial charge on any atom is -0.443 e. The summed E-state index contributed by atoms with van der Waals surface area (Å²) in [5, 5.41) is 0. The lowest BCUT2D eigenvalue weighted by Crippen LogP contribution is -2.47. The van der Waals surface area contributed by atoms with Gasteiger partial charge in [0, 0.05) is 18.2 Å². The van der Waals surface area contributed by atoms with E-state index in [2.05, 4.69) is 0 Å². The van der Waals surface area contributed by atoms with E-state index in [9.17, 15) is 22.8 Å². The van der Waals surface area contributed by atoms with Gasteiger partial charge in [0.2, 0.25) is 0 Å². The summed E-state index contributed by atoms with van der Waals surface area (Å²) < 4.78 is 44.9. The molecular weight excluding hydrogens is 548 g/mol. The molecule has 11 heteroatoms. The van der Waals surface area contributed by atoms with Crippen LogP contribution in [0.3, 0.4) is 0 Å². The molecule has 2 heterocycles. The van der Waals surface area contributed by atoms with Crippen LogP contribution in [0.4, 0.5) is 4.79 Å². The Bertz CT molecular complexity index is 1450. The fourth-order valence-corrected chi connectivity index (χ4v) is 6.70. The lowest BCUT2D eigenvalue weighted by molar-refractivity contribution is -0.0182. The Morgan fingerprint density at radius 3 is 2.34 bits per heavy atom. The highest BCUT2D eigenvalue weighted by molar-refractivity contribution is 7.86. The van der Waals surface area contributed by atoms with Gasteiger partial charge in [0.15, 0.2) is 0 Å². The van der Waals surface area contributed by atoms with Gasteiger partial charge in [-0.05, 0) is 70.6 Å². The lowest BCUT2D eigenvalue weighted by Gasteiger charge is -2.21. The largest absolute Gasteiger partial charge is 0.443 e. The number of carbonyl (C=O) groups is 1. The predicted octanol–water partition coefficient (Wildman–Crippen LogP) is 5.09. The molecular formula is C30H42N2O8S. The van der Waals surface area contributed by atoms with Crippen LogP contribution in [0.25, 0.3) is 0 Å². The molecule has 3 atom stereocenters. The first-order valence-electron chi connectivity index (χ1n) is 14.5. The van der Waals surface area contributed by atoms with Crippen LogP contribution in [0.2, 0.25) is 0 Å². The van der Waals surface area contributed by atoms with Crippen LogP contribution in [0.15, 0.2) is 44.9 Å². The summed E-state index contributed by atoms with van der Waals surface area (Å²) >= 11 is 0. The van der Waals surface area contributed by atoms with Crippen LogP contribution < -0.4 is 11.2 Å². The maximum Gasteiger partial charge on any atom is 0.425 e. The molecule has 0 N–H and O–H groups in total. The summed E-state index contributed by atoms with van der Waals surface area (Å²) in [4.78, 5) is 38.6. The number of nitrogens with zero attached hydrogens (tertiary/aromatic N) is 2. The summed E-state index contributed by atoms with van der Waals surface area (Å²) in [5.74, 6) is 0.747. The lowest BCUT2D eigenvalue weighted by atomic mass is 9.85. The van der Waals surface area contributed by atoms with Crippen molar-refractivity contribution < 1.29 is 26.9 Å². The Balaban J connectivity index is 1.49. The smallest absolute Gasteiger partial charge is 0.425 e. The van der Waals surface area contributed by atoms with E-state index in [0.29, 0.717) is 11.0 Å². The van der Waals surface area contributed by atoms with E-state index in [1.165, 1.54) is 45.2 Å². The topological polar surface area (TPSA) is 123 Å². The maximum atomic E-state index is 13.2. The summed E-state index contributed by atoms with van der Waals surface area (Å²) in [7, 11) is -4.11. The molecule has 10 nitrogen and oxygen atoms in total. The fourth-order valence-electron chi connectivity index (χ4n) is 5.60. The molecule has 0 bridgehead atoms. The van der Waals surface area contributed by atoms with Crippen molar-refractivity contribution >= 4 is 16.2 Å². The standard InChI is InChI=1S/C30H42N2O8S/c1-6-24-25(40-41(36,37)23-16-14-22(15-17-23)13-12-21-10-8-7-9-11-21)18-26(38-24)31-19-20(2)27(33)32(28(31)34)29(35)39-30(3,4)5/h14-17,19,21,24-26H,6-13,18H2,1-5H3/t24-,25-,26-/m1/s1. The molecule has 1 aliphatic heterocycles. The second kappa shape index (κ2) is 12.6. The number of carbonyl (C=O) groups excluding carboxylic acids is 1. The van der Waals surface area contributed by atoms with Crippen LogP contribution in [0.1, 0.15) is 96.4 Å². The zero-order chi connectivity index (χ0) is 29.9. The summed E-state index contributed by atoms with van der Waals surface area (Å²) in [6.07, 6.45) is 6.74. The average Bonchev–Trinajstić information content (AvgIpc) is 3.31. The van der Waals surface area contributed by atoms with E-state index >= 15 is 0 Å². The number of hydrogen-bond donors (Lipinski definition) is 0. The molecule has 0 unspecified atom stereocenters. The first kappa shape index (κ1) is 31.2. The van der Waals surface area contributed by atoms with E-state index in [1.807, 2.05) is 19.1 Å². The number of aryl methyl sites for hydroxylation is 2. The Labute approximate surface area is 241 Å². The monoisotopic (exact) mass is 590 g/mol. The van der Waals surface area contributed by atoms with Crippen LogP contribution in [0.5, 0.6) is 0 Å². The van der Waals surface area contributed by atoms with Crippen LogP contribution in [0, 0.1) is 12.8 Å². The van der Waals surface area contributed by atoms with Crippen molar-refractivity contribution in [2.24, 2.45) is 5.92 Å². The van der Waals surface area contributed by atoms with Gasteiger partial charge in [0.25, 0.3) is 15.7 Å². The molecule has 1 aliphatic carbocycles. The number of aromatic nitrogens is 2. The van der Waals surface area contributed by atoms with Crippen molar-refractivity contribution in [1.82, 2.24) is 9.13 Å². The number of hydrogen-bond acceptors (Lipinski definition) is 8. The zero-order valence-corrected chi connectivity index (χ0v) is 25.4. The van der Waals surface area contributed by atoms with E-state index in [1.54, 1.807) is 32.9 Å². The number of rotatable bonds is 8. The first-order chi connectivity index (χ1) is 19.3. The van der Waals surface area contributed by atoms with Gasteiger partial charge in [-0.1, -0.05) is 51.2 Å². The minimum atomic E-state index is -4.11. The highest BCUT2D eigenvalue weighted by Gasteiger charge is 2.40. The highest BCUT2D eigenvalue weighted by atomic mass is 32.2. The quantitative estimate of drug-likeness (QED) is 0.390. The van der Waals surface area contributed by atoms with Gasteiger partial charge in [-0.25, -0.2) is 9.59 Å². The van der Waals surface area contributed by atoms with Crippen molar-refractivity contribution in [1.29, 1.82) is 0 Å². The number of ether oxygens (including phenoxy) is 2. The summed E-state index contributed by atoms with van der Waals surface area (Å²) in [6, 6.07) is 6.83. The Kier molecular flexibility index (Phi) is 9.60. The molecule has 0 radical (unpaired) electrons. The van der Waals surface area contributed by atoms with Gasteiger partial charge in [-0.15, -0.1) is 0 Å². The van der Waals surface area contributed by atoms with Gasteiger partial charge in [-0.3, -0.25) is 13.5 Å². The molecule has 1 aromatic carbocycles. The second-order valence-corrected chi connectivity index (χ2v) is 13.7. The van der Waals surface area contributed by atoms with Crippen molar-refractivity contribution in [3.05, 3.63) is 62.4 Å². The molecule has 0 amide bonds. The third-order valence-electron chi connectivity index (χ3n) is 7.78. The average molecular weight is 591 g/mol. The van der Waals surface area contributed by atoms with E-state index in [0.717, 1.165) is 28.9 Å². The highest BCUT2D eigenvalue weighted by Crippen LogP contribution is 2.34. The molecule has 2 aromatic rings. The molecule has 2 fully saturated rings. The van der Waals surface area contributed by atoms with Crippen molar-refractivity contribution in [2.75, 3.05) is 0 Å². The van der Waals surface area contributed by atoms with Crippen LogP contribution in [-0.2, 0) is 30.2 Å². The van der Waals surface area contributed by atoms with E-state index in [-0.39, 0.29) is 16.9 Å². The Hall–Kier alpha value is -2.76. The van der Waals surface area contributed by atoms with Gasteiger partial charge >= 0.3 is 11.8 Å². The molecule has 1 saturated carbocycles. The van der Waals surface area contributed by atoms with Gasteiger partial charge in [0.05, 0.1) is 11.0 Å². The molecule has 1 aromatic heterocycles. The Morgan fingerprint density at radius 1 is 1.07 bits per heavy atom. The Morgan fingerprint density at radius 2 is 1.73 bits per heavy atom. The third kappa shape index (κ3) is 7.55. The second-order valence-electron chi connectivity index (χ2n) is 12.2. The molecule has 41 heavy (non-hydrogen) atoms. The maximum absolute atomic E-state index is 13.2. The van der Waals surface area contributed by atoms with Gasteiger partial charge in [-0.2, -0.15) is 13.0 Å². The molecule has 1 saturated heterocycles. The molecule has 226 valence electrons. The van der Waals surface area contributed by atoms with E-state index < -0.39 is 51.5 Å². The van der Waals surface area contributed by atoms with Crippen molar-refractivity contribution in [3.8, 4) is 0 Å². The third-order valence-corrected chi connectivity index (χ3v) is 9.13. The SMILES string of the molecule is CC[C@H]1O[C@@H](n2cc(C)c(=O)n(C(=O)OC(C)(C)C)c2=O)C[C@H]1OS(=O)(=O)c1ccc(CCC2CCCCC2)cc1. The van der Waals surface area contributed by atoms with Crippen molar-refractivity contribution in [2.45, 2.75) is 121 Å². The van der Waals surface area contributed by atoms with Crippen LogP contribution >= 0.6 is 0 Å². The molecule has 0 spiro atoms. The minimum absolute atomic E-state index is 0.0308. The molecule has 2 aliphatic rings. The first-order valence-corrected chi connectivity index (χ1v) is 16.0. The molecule has 4 rings (SSSR count). The summed E-state index contributed by atoms with van der Waals surface area (Å²) in [6.45, 7) is 8.19. The van der Waals surface area contributed by atoms with Gasteiger partial charge in [0.1, 0.15) is 17.9 Å². The van der Waals surface area contributed by atoms with Crippen molar-refractivity contribution in [3.63, 3.8) is 0 Å². The van der Waals surface area contributed by atoms with Crippen LogP contribution in [-0.4, -0.2) is 41.5 Å². The predicted molar refractivity (Wildman–Crippen MR) is 154 cm³/mol. The summed E-state index contributed by atoms with van der Waals surface area (Å²) in [5.41, 5.74) is -1.41. The fraction of sp³-hybridized carbons (Fsp3) is 0.633. The normalized spacial score (nSPS) is 22.1. The zero-order valence-electron chi connectivity index (χ0n) is 24.6. The van der Waals surface area contributed by atoms with E-state index in [4.69, 9.17) is 13.7 Å². The number of benzene rings is 1. The van der Waals surface area contributed by atoms with Gasteiger partial charge < -0.3 is 9.47 Å².